The highest BCUT2D eigenvalue weighted by Gasteiger charge is 2.13. The van der Waals surface area contributed by atoms with E-state index >= 15 is 0 Å². The monoisotopic (exact) mass is 292 g/mol. The second kappa shape index (κ2) is 5.94. The Kier molecular flexibility index (Phi) is 4.26. The van der Waals surface area contributed by atoms with Gasteiger partial charge in [-0.25, -0.2) is 8.42 Å². The summed E-state index contributed by atoms with van der Waals surface area (Å²) in [5.74, 6) is 0. The predicted octanol–water partition coefficient (Wildman–Crippen LogP) is 2.02. The van der Waals surface area contributed by atoms with Gasteiger partial charge in [0.05, 0.1) is 11.5 Å². The van der Waals surface area contributed by atoms with Gasteiger partial charge in [-0.1, -0.05) is 12.1 Å². The summed E-state index contributed by atoms with van der Waals surface area (Å²) in [4.78, 5) is 0.197. The zero-order valence-corrected chi connectivity index (χ0v) is 11.8. The molecule has 2 aromatic rings. The first-order valence-corrected chi connectivity index (χ1v) is 7.54. The van der Waals surface area contributed by atoms with Gasteiger partial charge in [0.15, 0.2) is 0 Å². The Labute approximate surface area is 118 Å². The molecule has 0 saturated heterocycles. The van der Waals surface area contributed by atoms with Crippen LogP contribution in [0, 0.1) is 0 Å². The van der Waals surface area contributed by atoms with E-state index in [1.807, 2.05) is 0 Å². The lowest BCUT2D eigenvalue weighted by Crippen LogP contribution is -2.12. The minimum atomic E-state index is -3.60. The third-order valence-corrected chi connectivity index (χ3v) is 4.24. The number of sulfonamides is 1. The average molecular weight is 292 g/mol. The van der Waals surface area contributed by atoms with Crippen molar-refractivity contribution in [2.24, 2.45) is 0 Å². The summed E-state index contributed by atoms with van der Waals surface area (Å²) in [5, 5.41) is 11.9. The predicted molar refractivity (Wildman–Crippen MR) is 79.2 cm³/mol. The van der Waals surface area contributed by atoms with Crippen molar-refractivity contribution in [2.75, 3.05) is 17.1 Å². The van der Waals surface area contributed by atoms with Crippen LogP contribution in [-0.4, -0.2) is 20.6 Å². The average Bonchev–Trinajstić information content (AvgIpc) is 2.48. The van der Waals surface area contributed by atoms with E-state index in [0.717, 1.165) is 11.3 Å². The third-order valence-electron chi connectivity index (χ3n) is 2.84. The van der Waals surface area contributed by atoms with Crippen molar-refractivity contribution in [3.63, 3.8) is 0 Å². The molecule has 0 aliphatic carbocycles. The highest BCUT2D eigenvalue weighted by atomic mass is 32.2. The van der Waals surface area contributed by atoms with Gasteiger partial charge in [-0.05, 0) is 42.0 Å². The van der Waals surface area contributed by atoms with E-state index in [4.69, 9.17) is 5.11 Å². The van der Waals surface area contributed by atoms with Gasteiger partial charge in [-0.15, -0.1) is 0 Å². The molecule has 0 aliphatic heterocycles. The van der Waals surface area contributed by atoms with Crippen molar-refractivity contribution >= 4 is 21.4 Å². The van der Waals surface area contributed by atoms with E-state index in [1.54, 1.807) is 43.4 Å². The van der Waals surface area contributed by atoms with Crippen molar-refractivity contribution in [3.8, 4) is 0 Å². The van der Waals surface area contributed by atoms with E-state index < -0.39 is 10.0 Å². The summed E-state index contributed by atoms with van der Waals surface area (Å²) in [6.07, 6.45) is 0. The summed E-state index contributed by atoms with van der Waals surface area (Å²) in [6, 6.07) is 13.0. The Morgan fingerprint density at radius 3 is 2.00 bits per heavy atom. The maximum Gasteiger partial charge on any atom is 0.261 e. The first-order valence-electron chi connectivity index (χ1n) is 6.05. The van der Waals surface area contributed by atoms with Gasteiger partial charge in [-0.2, -0.15) is 0 Å². The number of hydrogen-bond donors (Lipinski definition) is 3. The van der Waals surface area contributed by atoms with Gasteiger partial charge in [0, 0.05) is 18.4 Å². The van der Waals surface area contributed by atoms with Gasteiger partial charge >= 0.3 is 0 Å². The molecule has 2 aromatic carbocycles. The summed E-state index contributed by atoms with van der Waals surface area (Å²) in [6.45, 7) is -0.0709. The zero-order chi connectivity index (χ0) is 14.6. The normalized spacial score (nSPS) is 11.1. The van der Waals surface area contributed by atoms with Crippen LogP contribution in [0.4, 0.5) is 11.4 Å². The molecule has 0 fully saturated rings. The largest absolute Gasteiger partial charge is 0.392 e. The number of nitrogens with one attached hydrogen (secondary N) is 2. The topological polar surface area (TPSA) is 78.4 Å². The second-order valence-electron chi connectivity index (χ2n) is 4.23. The molecule has 2 rings (SSSR count). The first-order chi connectivity index (χ1) is 9.55. The Morgan fingerprint density at radius 1 is 0.950 bits per heavy atom. The fraction of sp³-hybridized carbons (Fsp3) is 0.143. The maximum absolute atomic E-state index is 12.2. The van der Waals surface area contributed by atoms with Crippen molar-refractivity contribution in [1.29, 1.82) is 0 Å². The van der Waals surface area contributed by atoms with E-state index in [2.05, 4.69) is 10.0 Å². The van der Waals surface area contributed by atoms with Crippen LogP contribution in [0.5, 0.6) is 0 Å². The number of hydrogen-bond acceptors (Lipinski definition) is 4. The number of aliphatic hydroxyl groups excluding tert-OH is 1. The van der Waals surface area contributed by atoms with Crippen molar-refractivity contribution < 1.29 is 13.5 Å². The summed E-state index contributed by atoms with van der Waals surface area (Å²) < 4.78 is 26.8. The van der Waals surface area contributed by atoms with Gasteiger partial charge < -0.3 is 10.4 Å². The lowest BCUT2D eigenvalue weighted by Gasteiger charge is -2.09. The number of benzene rings is 2. The maximum atomic E-state index is 12.2. The van der Waals surface area contributed by atoms with Crippen LogP contribution in [0.2, 0.25) is 0 Å². The van der Waals surface area contributed by atoms with E-state index in [1.165, 1.54) is 12.1 Å². The lowest BCUT2D eigenvalue weighted by molar-refractivity contribution is 0.282. The minimum Gasteiger partial charge on any atom is -0.392 e. The quantitative estimate of drug-likeness (QED) is 0.788. The summed E-state index contributed by atoms with van der Waals surface area (Å²) in [5.41, 5.74) is 2.03. The third kappa shape index (κ3) is 3.28. The molecular formula is C14H16N2O3S. The van der Waals surface area contributed by atoms with Crippen molar-refractivity contribution in [3.05, 3.63) is 54.1 Å². The SMILES string of the molecule is CNc1ccc(S(=O)(=O)Nc2ccc(CO)cc2)cc1. The van der Waals surface area contributed by atoms with Crippen LogP contribution in [-0.2, 0) is 16.6 Å². The van der Waals surface area contributed by atoms with Gasteiger partial charge in [0.1, 0.15) is 0 Å². The van der Waals surface area contributed by atoms with Crippen molar-refractivity contribution in [1.82, 2.24) is 0 Å². The van der Waals surface area contributed by atoms with E-state index in [-0.39, 0.29) is 11.5 Å². The van der Waals surface area contributed by atoms with Crippen LogP contribution in [0.15, 0.2) is 53.4 Å². The van der Waals surface area contributed by atoms with Gasteiger partial charge in [0.2, 0.25) is 0 Å². The molecule has 0 spiro atoms. The van der Waals surface area contributed by atoms with Crippen LogP contribution < -0.4 is 10.0 Å². The molecule has 5 nitrogen and oxygen atoms in total. The summed E-state index contributed by atoms with van der Waals surface area (Å²) in [7, 11) is -1.83. The molecule has 0 heterocycles. The molecule has 0 atom stereocenters. The molecule has 0 unspecified atom stereocenters. The zero-order valence-electron chi connectivity index (χ0n) is 11.0. The van der Waals surface area contributed by atoms with Crippen LogP contribution in [0.25, 0.3) is 0 Å². The Bertz CT molecular complexity index is 665. The Morgan fingerprint density at radius 2 is 1.50 bits per heavy atom. The number of rotatable bonds is 5. The molecule has 20 heavy (non-hydrogen) atoms. The lowest BCUT2D eigenvalue weighted by atomic mass is 10.2. The highest BCUT2D eigenvalue weighted by Crippen LogP contribution is 2.18. The molecule has 106 valence electrons. The molecule has 0 radical (unpaired) electrons. The molecule has 0 amide bonds. The molecule has 0 bridgehead atoms. The molecule has 6 heteroatoms. The summed E-state index contributed by atoms with van der Waals surface area (Å²) >= 11 is 0. The molecule has 0 saturated carbocycles. The van der Waals surface area contributed by atoms with Gasteiger partial charge in [-0.3, -0.25) is 4.72 Å². The Hall–Kier alpha value is -2.05. The van der Waals surface area contributed by atoms with E-state index in [0.29, 0.717) is 5.69 Å². The van der Waals surface area contributed by atoms with E-state index in [9.17, 15) is 8.42 Å². The van der Waals surface area contributed by atoms with Gasteiger partial charge in [0.25, 0.3) is 10.0 Å². The highest BCUT2D eigenvalue weighted by molar-refractivity contribution is 7.92. The molecular weight excluding hydrogens is 276 g/mol. The minimum absolute atomic E-state index is 0.0709. The van der Waals surface area contributed by atoms with Crippen LogP contribution in [0.3, 0.4) is 0 Å². The fourth-order valence-corrected chi connectivity index (χ4v) is 2.75. The smallest absolute Gasteiger partial charge is 0.261 e. The van der Waals surface area contributed by atoms with Crippen LogP contribution >= 0.6 is 0 Å². The first kappa shape index (κ1) is 14.4. The number of anilines is 2. The molecule has 0 aromatic heterocycles. The second-order valence-corrected chi connectivity index (χ2v) is 5.92. The molecule has 3 N–H and O–H groups in total. The fourth-order valence-electron chi connectivity index (χ4n) is 1.69. The Balaban J connectivity index is 2.20. The van der Waals surface area contributed by atoms with Crippen molar-refractivity contribution in [2.45, 2.75) is 11.5 Å². The number of aliphatic hydroxyl groups is 1. The van der Waals surface area contributed by atoms with Crippen LogP contribution in [0.1, 0.15) is 5.56 Å². The standard InChI is InChI=1S/C14H16N2O3S/c1-15-12-6-8-14(9-7-12)20(18,19)16-13-4-2-11(10-17)3-5-13/h2-9,15-17H,10H2,1H3. The molecule has 0 aliphatic rings.